The van der Waals surface area contributed by atoms with Crippen LogP contribution in [-0.2, 0) is 15.5 Å². The van der Waals surface area contributed by atoms with Crippen molar-refractivity contribution in [1.29, 1.82) is 0 Å². The van der Waals surface area contributed by atoms with Crippen LogP contribution in [0.25, 0.3) is 0 Å². The van der Waals surface area contributed by atoms with Gasteiger partial charge in [-0.3, -0.25) is 9.11 Å². The van der Waals surface area contributed by atoms with E-state index in [1.807, 2.05) is 0 Å². The second-order valence-corrected chi connectivity index (χ2v) is 5.14. The average Bonchev–Trinajstić information content (AvgIpc) is 2.25. The maximum atomic E-state index is 11.4. The molecule has 0 amide bonds. The Hall–Kier alpha value is 0.0300. The van der Waals surface area contributed by atoms with Crippen molar-refractivity contribution in [3.8, 4) is 0 Å². The van der Waals surface area contributed by atoms with Gasteiger partial charge in [-0.25, -0.2) is 0 Å². The molecular weight excluding hydrogens is 200 g/mol. The number of nitrogens with two attached hydrogens (primary N) is 1. The molecule has 1 atom stereocenters. The first-order chi connectivity index (χ1) is 6.83. The van der Waals surface area contributed by atoms with Gasteiger partial charge < -0.3 is 10.5 Å². The van der Waals surface area contributed by atoms with Crippen LogP contribution in [-0.4, -0.2) is 60.0 Å². The van der Waals surface area contributed by atoms with Crippen LogP contribution in [0.4, 0.5) is 0 Å². The minimum absolute atomic E-state index is 0.642. The molecule has 1 heterocycles. The molecule has 1 aliphatic heterocycles. The summed E-state index contributed by atoms with van der Waals surface area (Å²) < 4.78 is 16.7. The minimum atomic E-state index is -0.684. The van der Waals surface area contributed by atoms with Gasteiger partial charge in [0.2, 0.25) is 0 Å². The molecule has 1 fully saturated rings. The zero-order chi connectivity index (χ0) is 10.2. The summed E-state index contributed by atoms with van der Waals surface area (Å²) in [6, 6.07) is 0. The van der Waals surface area contributed by atoms with E-state index in [1.54, 1.807) is 0 Å². The highest BCUT2D eigenvalue weighted by Crippen LogP contribution is 1.97. The fourth-order valence-electron chi connectivity index (χ4n) is 1.40. The Kier molecular flexibility index (Phi) is 6.34. The maximum Gasteiger partial charge on any atom is 0.0594 e. The van der Waals surface area contributed by atoms with E-state index in [9.17, 15) is 4.21 Å². The molecule has 14 heavy (non-hydrogen) atoms. The molecule has 1 rings (SSSR count). The van der Waals surface area contributed by atoms with Crippen molar-refractivity contribution < 1.29 is 8.95 Å². The molecule has 0 aromatic heterocycles. The van der Waals surface area contributed by atoms with Gasteiger partial charge in [-0.1, -0.05) is 0 Å². The molecule has 0 aliphatic carbocycles. The molecular formula is C9H20N2O2S. The fraction of sp³-hybridized carbons (Fsp3) is 1.00. The Labute approximate surface area is 88.2 Å². The molecule has 0 aromatic carbocycles. The lowest BCUT2D eigenvalue weighted by molar-refractivity contribution is 0.0409. The van der Waals surface area contributed by atoms with Gasteiger partial charge in [0.05, 0.1) is 13.2 Å². The van der Waals surface area contributed by atoms with Gasteiger partial charge in [-0.05, 0) is 13.0 Å². The lowest BCUT2D eigenvalue weighted by atomic mass is 10.4. The molecule has 0 bridgehead atoms. The molecule has 0 saturated carbocycles. The summed E-state index contributed by atoms with van der Waals surface area (Å²) in [5.74, 6) is 1.53. The predicted octanol–water partition coefficient (Wildman–Crippen LogP) is -0.584. The van der Waals surface area contributed by atoms with Crippen LogP contribution in [0.15, 0.2) is 0 Å². The summed E-state index contributed by atoms with van der Waals surface area (Å²) in [6.45, 7) is 5.16. The van der Waals surface area contributed by atoms with Crippen molar-refractivity contribution in [2.75, 3.05) is 50.9 Å². The molecule has 2 N–H and O–H groups in total. The van der Waals surface area contributed by atoms with Crippen molar-refractivity contribution in [2.45, 2.75) is 6.42 Å². The number of hydrogen-bond acceptors (Lipinski definition) is 4. The molecule has 0 radical (unpaired) electrons. The first-order valence-electron chi connectivity index (χ1n) is 5.18. The van der Waals surface area contributed by atoms with Crippen molar-refractivity contribution in [2.24, 2.45) is 5.73 Å². The predicted molar refractivity (Wildman–Crippen MR) is 58.8 cm³/mol. The molecule has 1 saturated heterocycles. The van der Waals surface area contributed by atoms with Gasteiger partial charge in [-0.2, -0.15) is 0 Å². The summed E-state index contributed by atoms with van der Waals surface area (Å²) in [7, 11) is -0.684. The van der Waals surface area contributed by atoms with Crippen LogP contribution in [0.5, 0.6) is 0 Å². The van der Waals surface area contributed by atoms with Crippen molar-refractivity contribution in [3.63, 3.8) is 0 Å². The van der Waals surface area contributed by atoms with E-state index in [0.717, 1.165) is 50.8 Å². The lowest BCUT2D eigenvalue weighted by Gasteiger charge is -2.26. The Balaban J connectivity index is 2.03. The average molecular weight is 220 g/mol. The number of hydrogen-bond donors (Lipinski definition) is 1. The molecule has 0 aromatic rings. The SMILES string of the molecule is NCCCS(=O)CCN1CCOCC1. The van der Waals surface area contributed by atoms with Crippen LogP contribution < -0.4 is 5.73 Å². The number of rotatable bonds is 6. The minimum Gasteiger partial charge on any atom is -0.379 e. The zero-order valence-corrected chi connectivity index (χ0v) is 9.43. The van der Waals surface area contributed by atoms with Crippen LogP contribution in [0.3, 0.4) is 0 Å². The summed E-state index contributed by atoms with van der Waals surface area (Å²) in [4.78, 5) is 2.31. The number of morpholine rings is 1. The summed E-state index contributed by atoms with van der Waals surface area (Å²) in [5, 5.41) is 0. The monoisotopic (exact) mass is 220 g/mol. The molecule has 1 aliphatic rings. The number of nitrogens with zero attached hydrogens (tertiary/aromatic N) is 1. The first-order valence-corrected chi connectivity index (χ1v) is 6.67. The highest BCUT2D eigenvalue weighted by atomic mass is 32.2. The fourth-order valence-corrected chi connectivity index (χ4v) is 2.56. The second kappa shape index (κ2) is 7.34. The van der Waals surface area contributed by atoms with Crippen molar-refractivity contribution >= 4 is 10.8 Å². The third-order valence-electron chi connectivity index (χ3n) is 2.32. The largest absolute Gasteiger partial charge is 0.379 e. The highest BCUT2D eigenvalue weighted by molar-refractivity contribution is 7.84. The van der Waals surface area contributed by atoms with Gasteiger partial charge in [-0.15, -0.1) is 0 Å². The van der Waals surface area contributed by atoms with Crippen LogP contribution in [0, 0.1) is 0 Å². The van der Waals surface area contributed by atoms with Crippen LogP contribution >= 0.6 is 0 Å². The normalized spacial score (nSPS) is 20.9. The smallest absolute Gasteiger partial charge is 0.0594 e. The summed E-state index contributed by atoms with van der Waals surface area (Å²) in [6.07, 6.45) is 0.871. The molecule has 1 unspecified atom stereocenters. The standard InChI is InChI=1S/C9H20N2O2S/c10-2-1-8-14(12)9-5-11-3-6-13-7-4-11/h1-10H2. The topological polar surface area (TPSA) is 55.6 Å². The Bertz CT molecular complexity index is 172. The second-order valence-electron chi connectivity index (χ2n) is 3.44. The van der Waals surface area contributed by atoms with Gasteiger partial charge in [0.15, 0.2) is 0 Å². The molecule has 5 heteroatoms. The highest BCUT2D eigenvalue weighted by Gasteiger charge is 2.10. The summed E-state index contributed by atoms with van der Waals surface area (Å²) >= 11 is 0. The molecule has 84 valence electrons. The van der Waals surface area contributed by atoms with E-state index in [2.05, 4.69) is 4.90 Å². The van der Waals surface area contributed by atoms with Crippen molar-refractivity contribution in [3.05, 3.63) is 0 Å². The van der Waals surface area contributed by atoms with Gasteiger partial charge in [0.25, 0.3) is 0 Å². The van der Waals surface area contributed by atoms with E-state index in [-0.39, 0.29) is 0 Å². The van der Waals surface area contributed by atoms with Gasteiger partial charge in [0, 0.05) is 41.9 Å². The van der Waals surface area contributed by atoms with Crippen molar-refractivity contribution in [1.82, 2.24) is 4.90 Å². The maximum absolute atomic E-state index is 11.4. The van der Waals surface area contributed by atoms with Gasteiger partial charge >= 0.3 is 0 Å². The Morgan fingerprint density at radius 1 is 1.29 bits per heavy atom. The quantitative estimate of drug-likeness (QED) is 0.650. The van der Waals surface area contributed by atoms with Gasteiger partial charge in [0.1, 0.15) is 0 Å². The first kappa shape index (κ1) is 12.1. The van der Waals surface area contributed by atoms with E-state index < -0.39 is 10.8 Å². The number of ether oxygens (including phenoxy) is 1. The third kappa shape index (κ3) is 5.05. The van der Waals surface area contributed by atoms with E-state index in [1.165, 1.54) is 0 Å². The Morgan fingerprint density at radius 3 is 2.64 bits per heavy atom. The molecule has 4 nitrogen and oxygen atoms in total. The zero-order valence-electron chi connectivity index (χ0n) is 8.61. The van der Waals surface area contributed by atoms with E-state index >= 15 is 0 Å². The molecule has 0 spiro atoms. The van der Waals surface area contributed by atoms with Crippen LogP contribution in [0.2, 0.25) is 0 Å². The van der Waals surface area contributed by atoms with E-state index in [0.29, 0.717) is 6.54 Å². The summed E-state index contributed by atoms with van der Waals surface area (Å²) in [5.41, 5.74) is 5.35. The Morgan fingerprint density at radius 2 is 2.00 bits per heavy atom. The lowest BCUT2D eigenvalue weighted by Crippen LogP contribution is -2.38. The van der Waals surface area contributed by atoms with Crippen LogP contribution in [0.1, 0.15) is 6.42 Å². The van der Waals surface area contributed by atoms with E-state index in [4.69, 9.17) is 10.5 Å². The third-order valence-corrected chi connectivity index (χ3v) is 3.70.